The van der Waals surface area contributed by atoms with Gasteiger partial charge in [0.2, 0.25) is 0 Å². The molecular weight excluding hydrogens is 132 g/mol. The minimum absolute atomic E-state index is 0.788. The van der Waals surface area contributed by atoms with Crippen LogP contribution < -0.4 is 0 Å². The van der Waals surface area contributed by atoms with Crippen LogP contribution in [0.1, 0.15) is 32.6 Å². The zero-order chi connectivity index (χ0) is 6.95. The fourth-order valence-electron chi connectivity index (χ4n) is 0.597. The first-order chi connectivity index (χ1) is 4.41. The van der Waals surface area contributed by atoms with E-state index < -0.39 is 0 Å². The van der Waals surface area contributed by atoms with Crippen LogP contribution in [-0.2, 0) is 0 Å². The highest BCUT2D eigenvalue weighted by Crippen LogP contribution is 1.95. The first-order valence-corrected chi connectivity index (χ1v) is 4.16. The van der Waals surface area contributed by atoms with Crippen molar-refractivity contribution in [3.05, 3.63) is 12.2 Å². The van der Waals surface area contributed by atoms with Crippen LogP contribution in [0.3, 0.4) is 0 Å². The quantitative estimate of drug-likeness (QED) is 0.317. The molecule has 0 radical (unpaired) electrons. The largest absolute Gasteiger partial charge is 0.127 e. The van der Waals surface area contributed by atoms with E-state index in [0.29, 0.717) is 0 Å². The van der Waals surface area contributed by atoms with Gasteiger partial charge >= 0.3 is 0 Å². The van der Waals surface area contributed by atoms with Crippen molar-refractivity contribution in [1.82, 2.24) is 0 Å². The Balaban J connectivity index is 2.86. The molecular formula is C8H15Cl. The van der Waals surface area contributed by atoms with Crippen molar-refractivity contribution in [3.63, 3.8) is 0 Å². The summed E-state index contributed by atoms with van der Waals surface area (Å²) < 4.78 is 0. The lowest BCUT2D eigenvalue weighted by Gasteiger charge is -1.86. The van der Waals surface area contributed by atoms with Crippen LogP contribution in [0.4, 0.5) is 0 Å². The van der Waals surface area contributed by atoms with Gasteiger partial charge in [-0.05, 0) is 19.3 Å². The van der Waals surface area contributed by atoms with Crippen LogP contribution in [0.25, 0.3) is 0 Å². The van der Waals surface area contributed by atoms with E-state index in [1.807, 2.05) is 0 Å². The van der Waals surface area contributed by atoms with Gasteiger partial charge in [-0.2, -0.15) is 0 Å². The second kappa shape index (κ2) is 8.03. The average Bonchev–Trinajstić information content (AvgIpc) is 1.89. The molecule has 0 nitrogen and oxygen atoms in total. The number of rotatable bonds is 5. The van der Waals surface area contributed by atoms with E-state index in [1.165, 1.54) is 12.8 Å². The van der Waals surface area contributed by atoms with Crippen LogP contribution in [0.2, 0.25) is 0 Å². The summed E-state index contributed by atoms with van der Waals surface area (Å²) in [5.41, 5.74) is 0. The first-order valence-electron chi connectivity index (χ1n) is 3.62. The Kier molecular flexibility index (Phi) is 8.06. The molecule has 0 saturated heterocycles. The lowest BCUT2D eigenvalue weighted by atomic mass is 10.2. The Morgan fingerprint density at radius 2 is 1.89 bits per heavy atom. The van der Waals surface area contributed by atoms with Crippen molar-refractivity contribution in [3.8, 4) is 0 Å². The van der Waals surface area contributed by atoms with E-state index in [0.717, 1.165) is 18.7 Å². The third kappa shape index (κ3) is 8.03. The summed E-state index contributed by atoms with van der Waals surface area (Å²) in [5, 5.41) is 0. The Morgan fingerprint density at radius 1 is 1.22 bits per heavy atom. The number of hydrogen-bond acceptors (Lipinski definition) is 0. The minimum atomic E-state index is 0.788. The Hall–Kier alpha value is 0.0300. The SMILES string of the molecule is CCCC=CCCCCl. The molecule has 0 aliphatic heterocycles. The molecule has 0 unspecified atom stereocenters. The molecule has 0 heterocycles. The molecule has 0 saturated carbocycles. The molecule has 0 atom stereocenters. The maximum absolute atomic E-state index is 5.48. The summed E-state index contributed by atoms with van der Waals surface area (Å²) in [6.45, 7) is 2.19. The van der Waals surface area contributed by atoms with Crippen LogP contribution in [0, 0.1) is 0 Å². The average molecular weight is 147 g/mol. The lowest BCUT2D eigenvalue weighted by molar-refractivity contribution is 0.925. The molecule has 0 spiro atoms. The Labute approximate surface area is 62.9 Å². The number of allylic oxidation sites excluding steroid dienone is 2. The van der Waals surface area contributed by atoms with E-state index in [1.54, 1.807) is 0 Å². The zero-order valence-corrected chi connectivity index (χ0v) is 6.82. The van der Waals surface area contributed by atoms with Gasteiger partial charge in [0, 0.05) is 5.88 Å². The predicted octanol–water partition coefficient (Wildman–Crippen LogP) is 3.36. The maximum atomic E-state index is 5.48. The highest BCUT2D eigenvalue weighted by molar-refractivity contribution is 6.17. The molecule has 0 rings (SSSR count). The fraction of sp³-hybridized carbons (Fsp3) is 0.750. The van der Waals surface area contributed by atoms with Gasteiger partial charge in [-0.25, -0.2) is 0 Å². The van der Waals surface area contributed by atoms with Crippen molar-refractivity contribution < 1.29 is 0 Å². The standard InChI is InChI=1S/C8H15Cl/c1-2-3-4-5-6-7-8-9/h4-5H,2-3,6-8H2,1H3. The predicted molar refractivity (Wildman–Crippen MR) is 44.0 cm³/mol. The van der Waals surface area contributed by atoms with Crippen LogP contribution in [0.15, 0.2) is 12.2 Å². The number of halogens is 1. The van der Waals surface area contributed by atoms with Crippen molar-refractivity contribution in [2.24, 2.45) is 0 Å². The van der Waals surface area contributed by atoms with Crippen molar-refractivity contribution >= 4 is 11.6 Å². The minimum Gasteiger partial charge on any atom is -0.127 e. The molecule has 0 amide bonds. The molecule has 0 bridgehead atoms. The van der Waals surface area contributed by atoms with E-state index >= 15 is 0 Å². The van der Waals surface area contributed by atoms with Crippen LogP contribution >= 0.6 is 11.6 Å². The third-order valence-corrected chi connectivity index (χ3v) is 1.39. The monoisotopic (exact) mass is 146 g/mol. The van der Waals surface area contributed by atoms with E-state index in [9.17, 15) is 0 Å². The molecule has 0 fully saturated rings. The Morgan fingerprint density at radius 3 is 2.44 bits per heavy atom. The van der Waals surface area contributed by atoms with Gasteiger partial charge in [0.1, 0.15) is 0 Å². The molecule has 1 heteroatoms. The number of hydrogen-bond donors (Lipinski definition) is 0. The fourth-order valence-corrected chi connectivity index (χ4v) is 0.752. The summed E-state index contributed by atoms with van der Waals surface area (Å²) in [7, 11) is 0. The van der Waals surface area contributed by atoms with Gasteiger partial charge in [-0.15, -0.1) is 11.6 Å². The summed E-state index contributed by atoms with van der Waals surface area (Å²) in [4.78, 5) is 0. The second-order valence-corrected chi connectivity index (χ2v) is 2.47. The molecule has 0 N–H and O–H groups in total. The molecule has 9 heavy (non-hydrogen) atoms. The Bertz CT molecular complexity index is 67.0. The highest BCUT2D eigenvalue weighted by Gasteiger charge is 1.77. The molecule has 54 valence electrons. The van der Waals surface area contributed by atoms with Gasteiger partial charge in [0.15, 0.2) is 0 Å². The summed E-state index contributed by atoms with van der Waals surface area (Å²) in [5.74, 6) is 0.788. The van der Waals surface area contributed by atoms with Gasteiger partial charge in [-0.1, -0.05) is 25.5 Å². The topological polar surface area (TPSA) is 0 Å². The van der Waals surface area contributed by atoms with Gasteiger partial charge in [0.25, 0.3) is 0 Å². The van der Waals surface area contributed by atoms with Gasteiger partial charge < -0.3 is 0 Å². The highest BCUT2D eigenvalue weighted by atomic mass is 35.5. The first kappa shape index (κ1) is 9.03. The summed E-state index contributed by atoms with van der Waals surface area (Å²) in [6.07, 6.45) is 9.16. The maximum Gasteiger partial charge on any atom is 0.0226 e. The van der Waals surface area contributed by atoms with Gasteiger partial charge in [-0.3, -0.25) is 0 Å². The smallest absolute Gasteiger partial charge is 0.0226 e. The van der Waals surface area contributed by atoms with Crippen LogP contribution in [-0.4, -0.2) is 5.88 Å². The van der Waals surface area contributed by atoms with Gasteiger partial charge in [0.05, 0.1) is 0 Å². The molecule has 0 aliphatic rings. The van der Waals surface area contributed by atoms with E-state index in [4.69, 9.17) is 11.6 Å². The molecule has 0 aromatic carbocycles. The van der Waals surface area contributed by atoms with E-state index in [-0.39, 0.29) is 0 Å². The lowest BCUT2D eigenvalue weighted by Crippen LogP contribution is -1.70. The molecule has 0 aromatic heterocycles. The van der Waals surface area contributed by atoms with Crippen LogP contribution in [0.5, 0.6) is 0 Å². The number of alkyl halides is 1. The third-order valence-electron chi connectivity index (χ3n) is 1.13. The second-order valence-electron chi connectivity index (χ2n) is 2.09. The molecule has 0 aliphatic carbocycles. The van der Waals surface area contributed by atoms with E-state index in [2.05, 4.69) is 19.1 Å². The van der Waals surface area contributed by atoms with Crippen molar-refractivity contribution in [2.45, 2.75) is 32.6 Å². The van der Waals surface area contributed by atoms with Crippen molar-refractivity contribution in [1.29, 1.82) is 0 Å². The normalized spacial score (nSPS) is 10.9. The molecule has 0 aromatic rings. The van der Waals surface area contributed by atoms with Crippen molar-refractivity contribution in [2.75, 3.05) is 5.88 Å². The number of unbranched alkanes of at least 4 members (excludes halogenated alkanes) is 2. The zero-order valence-electron chi connectivity index (χ0n) is 6.07. The summed E-state index contributed by atoms with van der Waals surface area (Å²) >= 11 is 5.48. The summed E-state index contributed by atoms with van der Waals surface area (Å²) in [6, 6.07) is 0.